The standard InChI is InChI=1S/C21H18F6N6O/c1-12(17-18(29-5-4-28-17)33-30-6-7-31-33)32(11-13-2-3-13)19(34)14-8-15(20(22,23)24)10-16(9-14)21(25,26)27/h4-10,12-13H,2-3,11H2,1H3. The monoisotopic (exact) mass is 484 g/mol. The fraction of sp³-hybridized carbons (Fsp3) is 0.381. The van der Waals surface area contributed by atoms with Gasteiger partial charge in [0.15, 0.2) is 5.82 Å². The number of amides is 1. The summed E-state index contributed by atoms with van der Waals surface area (Å²) in [6.07, 6.45) is -2.99. The summed E-state index contributed by atoms with van der Waals surface area (Å²) in [6.45, 7) is 1.72. The minimum absolute atomic E-state index is 0.00437. The minimum Gasteiger partial charge on any atom is -0.330 e. The van der Waals surface area contributed by atoms with Gasteiger partial charge in [0.05, 0.1) is 29.6 Å². The molecule has 1 aliphatic carbocycles. The van der Waals surface area contributed by atoms with E-state index < -0.39 is 41.0 Å². The second kappa shape index (κ2) is 8.69. The van der Waals surface area contributed by atoms with Gasteiger partial charge in [-0.3, -0.25) is 9.78 Å². The molecule has 0 N–H and O–H groups in total. The number of benzene rings is 1. The van der Waals surface area contributed by atoms with Crippen molar-refractivity contribution in [3.8, 4) is 5.82 Å². The third-order valence-corrected chi connectivity index (χ3v) is 5.42. The maximum Gasteiger partial charge on any atom is 0.416 e. The number of hydrogen-bond acceptors (Lipinski definition) is 5. The number of aromatic nitrogens is 5. The predicted octanol–water partition coefficient (Wildman–Crippen LogP) is 4.71. The van der Waals surface area contributed by atoms with Crippen LogP contribution in [0.3, 0.4) is 0 Å². The topological polar surface area (TPSA) is 76.8 Å². The van der Waals surface area contributed by atoms with Crippen LogP contribution < -0.4 is 0 Å². The van der Waals surface area contributed by atoms with E-state index >= 15 is 0 Å². The van der Waals surface area contributed by atoms with Gasteiger partial charge >= 0.3 is 12.4 Å². The average molecular weight is 484 g/mol. The molecule has 13 heteroatoms. The van der Waals surface area contributed by atoms with Crippen molar-refractivity contribution in [3.63, 3.8) is 0 Å². The number of hydrogen-bond donors (Lipinski definition) is 0. The highest BCUT2D eigenvalue weighted by atomic mass is 19.4. The number of nitrogens with zero attached hydrogens (tertiary/aromatic N) is 6. The Hall–Kier alpha value is -3.51. The zero-order valence-electron chi connectivity index (χ0n) is 17.7. The minimum atomic E-state index is -5.06. The molecule has 1 aliphatic rings. The van der Waals surface area contributed by atoms with Gasteiger partial charge < -0.3 is 4.90 Å². The third-order valence-electron chi connectivity index (χ3n) is 5.42. The summed E-state index contributed by atoms with van der Waals surface area (Å²) in [5.41, 5.74) is -3.57. The van der Waals surface area contributed by atoms with Crippen molar-refractivity contribution in [3.05, 3.63) is 65.4 Å². The first-order valence-corrected chi connectivity index (χ1v) is 10.2. The molecule has 1 amide bonds. The highest BCUT2D eigenvalue weighted by Gasteiger charge is 2.39. The van der Waals surface area contributed by atoms with Gasteiger partial charge in [-0.25, -0.2) is 4.98 Å². The van der Waals surface area contributed by atoms with E-state index in [4.69, 9.17) is 0 Å². The fourth-order valence-corrected chi connectivity index (χ4v) is 3.50. The Labute approximate surface area is 189 Å². The van der Waals surface area contributed by atoms with Crippen molar-refractivity contribution in [2.75, 3.05) is 6.54 Å². The first-order valence-electron chi connectivity index (χ1n) is 10.2. The molecule has 180 valence electrons. The summed E-state index contributed by atoms with van der Waals surface area (Å²) in [4.78, 5) is 24.2. The molecule has 7 nitrogen and oxygen atoms in total. The number of alkyl halides is 6. The van der Waals surface area contributed by atoms with Crippen LogP contribution in [0, 0.1) is 5.92 Å². The second-order valence-corrected chi connectivity index (χ2v) is 7.96. The Balaban J connectivity index is 1.77. The Morgan fingerprint density at radius 1 is 0.971 bits per heavy atom. The molecule has 0 spiro atoms. The normalized spacial score (nSPS) is 15.3. The quantitative estimate of drug-likeness (QED) is 0.474. The molecular formula is C21H18F6N6O. The highest BCUT2D eigenvalue weighted by Crippen LogP contribution is 2.38. The van der Waals surface area contributed by atoms with E-state index in [1.54, 1.807) is 6.92 Å². The van der Waals surface area contributed by atoms with Crippen LogP contribution in [-0.4, -0.2) is 42.3 Å². The molecule has 2 heterocycles. The SMILES string of the molecule is CC(c1nccnc1-n1nccn1)N(CC1CC1)C(=O)c1cc(C(F)(F)F)cc(C(F)(F)F)c1. The maximum absolute atomic E-state index is 13.4. The number of halogens is 6. The summed E-state index contributed by atoms with van der Waals surface area (Å²) < 4.78 is 80.0. The van der Waals surface area contributed by atoms with Crippen molar-refractivity contribution in [2.24, 2.45) is 5.92 Å². The van der Waals surface area contributed by atoms with Gasteiger partial charge in [-0.2, -0.15) is 36.5 Å². The third kappa shape index (κ3) is 5.02. The van der Waals surface area contributed by atoms with Crippen molar-refractivity contribution < 1.29 is 31.1 Å². The van der Waals surface area contributed by atoms with Crippen molar-refractivity contribution in [1.29, 1.82) is 0 Å². The van der Waals surface area contributed by atoms with Gasteiger partial charge in [0, 0.05) is 24.5 Å². The molecule has 1 unspecified atom stereocenters. The van der Waals surface area contributed by atoms with Crippen LogP contribution in [0.15, 0.2) is 43.0 Å². The molecule has 1 fully saturated rings. The largest absolute Gasteiger partial charge is 0.416 e. The molecular weight excluding hydrogens is 466 g/mol. The van der Waals surface area contributed by atoms with E-state index in [1.807, 2.05) is 0 Å². The van der Waals surface area contributed by atoms with Crippen LogP contribution in [-0.2, 0) is 12.4 Å². The Bertz CT molecular complexity index is 1140. The molecule has 1 atom stereocenters. The first kappa shape index (κ1) is 23.6. The Kier molecular flexibility index (Phi) is 6.04. The molecule has 1 saturated carbocycles. The average Bonchev–Trinajstić information content (AvgIpc) is 3.44. The zero-order valence-corrected chi connectivity index (χ0v) is 17.7. The van der Waals surface area contributed by atoms with E-state index in [0.717, 1.165) is 12.8 Å². The van der Waals surface area contributed by atoms with Gasteiger partial charge in [-0.05, 0) is 43.9 Å². The van der Waals surface area contributed by atoms with Crippen LogP contribution in [0.2, 0.25) is 0 Å². The van der Waals surface area contributed by atoms with E-state index in [2.05, 4.69) is 20.2 Å². The molecule has 3 aromatic rings. The van der Waals surface area contributed by atoms with Crippen molar-refractivity contribution in [1.82, 2.24) is 29.9 Å². The molecule has 2 aromatic heterocycles. The summed E-state index contributed by atoms with van der Waals surface area (Å²) >= 11 is 0. The lowest BCUT2D eigenvalue weighted by Crippen LogP contribution is -2.36. The fourth-order valence-electron chi connectivity index (χ4n) is 3.50. The first-order chi connectivity index (χ1) is 15.9. The van der Waals surface area contributed by atoms with Crippen LogP contribution in [0.4, 0.5) is 26.3 Å². The van der Waals surface area contributed by atoms with Gasteiger partial charge in [-0.1, -0.05) is 0 Å². The van der Waals surface area contributed by atoms with E-state index in [9.17, 15) is 31.1 Å². The van der Waals surface area contributed by atoms with Crippen molar-refractivity contribution in [2.45, 2.75) is 38.2 Å². The lowest BCUT2D eigenvalue weighted by Gasteiger charge is -2.30. The lowest BCUT2D eigenvalue weighted by molar-refractivity contribution is -0.143. The second-order valence-electron chi connectivity index (χ2n) is 7.96. The molecule has 4 rings (SSSR count). The van der Waals surface area contributed by atoms with Gasteiger partial charge in [0.2, 0.25) is 0 Å². The summed E-state index contributed by atoms with van der Waals surface area (Å²) in [7, 11) is 0. The maximum atomic E-state index is 13.4. The van der Waals surface area contributed by atoms with Crippen molar-refractivity contribution >= 4 is 5.91 Å². The van der Waals surface area contributed by atoms with Crippen LogP contribution in [0.5, 0.6) is 0 Å². The molecule has 0 bridgehead atoms. The summed E-state index contributed by atoms with van der Waals surface area (Å²) in [5, 5.41) is 7.98. The molecule has 0 radical (unpaired) electrons. The van der Waals surface area contributed by atoms with Gasteiger partial charge in [0.1, 0.15) is 5.69 Å². The van der Waals surface area contributed by atoms with Gasteiger partial charge in [-0.15, -0.1) is 4.80 Å². The van der Waals surface area contributed by atoms with E-state index in [-0.39, 0.29) is 30.0 Å². The molecule has 0 aliphatic heterocycles. The van der Waals surface area contributed by atoms with Crippen LogP contribution in [0.1, 0.15) is 53.0 Å². The van der Waals surface area contributed by atoms with E-state index in [1.165, 1.54) is 34.5 Å². The lowest BCUT2D eigenvalue weighted by atomic mass is 10.0. The smallest absolute Gasteiger partial charge is 0.330 e. The number of carbonyl (C=O) groups excluding carboxylic acids is 1. The van der Waals surface area contributed by atoms with Crippen LogP contribution >= 0.6 is 0 Å². The number of carbonyl (C=O) groups is 1. The summed E-state index contributed by atoms with van der Waals surface area (Å²) in [6, 6.07) is 0.0372. The molecule has 34 heavy (non-hydrogen) atoms. The zero-order chi connectivity index (χ0) is 24.7. The van der Waals surface area contributed by atoms with Crippen LogP contribution in [0.25, 0.3) is 5.82 Å². The Morgan fingerprint density at radius 2 is 1.53 bits per heavy atom. The van der Waals surface area contributed by atoms with Gasteiger partial charge in [0.25, 0.3) is 5.91 Å². The van der Waals surface area contributed by atoms with E-state index in [0.29, 0.717) is 12.1 Å². The number of rotatable bonds is 6. The highest BCUT2D eigenvalue weighted by molar-refractivity contribution is 5.95. The summed E-state index contributed by atoms with van der Waals surface area (Å²) in [5.74, 6) is -0.697. The molecule has 1 aromatic carbocycles. The predicted molar refractivity (Wildman–Crippen MR) is 106 cm³/mol. The molecule has 0 saturated heterocycles. The Morgan fingerprint density at radius 3 is 2.06 bits per heavy atom.